The van der Waals surface area contributed by atoms with Gasteiger partial charge in [0.15, 0.2) is 0 Å². The van der Waals surface area contributed by atoms with Crippen LogP contribution in [0.4, 0.5) is 0 Å². The first-order valence-electron chi connectivity index (χ1n) is 10.6. The van der Waals surface area contributed by atoms with Crippen LogP contribution in [-0.2, 0) is 30.1 Å². The molecule has 31 heavy (non-hydrogen) atoms. The Hall–Kier alpha value is -1.35. The first kappa shape index (κ1) is 24.3. The van der Waals surface area contributed by atoms with Crippen LogP contribution in [0, 0.1) is 11.8 Å². The lowest BCUT2D eigenvalue weighted by Crippen LogP contribution is -2.49. The number of likely N-dealkylation sites (tertiary alicyclic amines) is 1. The molecule has 0 saturated carbocycles. The van der Waals surface area contributed by atoms with E-state index in [4.69, 9.17) is 27.9 Å². The zero-order valence-electron chi connectivity index (χ0n) is 17.6. The van der Waals surface area contributed by atoms with Crippen molar-refractivity contribution in [3.8, 4) is 0 Å². The summed E-state index contributed by atoms with van der Waals surface area (Å²) in [6.07, 6.45) is 2.44. The Morgan fingerprint density at radius 1 is 1.10 bits per heavy atom. The van der Waals surface area contributed by atoms with Crippen LogP contribution in [0.2, 0.25) is 10.0 Å². The predicted octanol–water partition coefficient (Wildman–Crippen LogP) is 3.34. The van der Waals surface area contributed by atoms with Gasteiger partial charge in [0.05, 0.1) is 24.2 Å². The predicted molar refractivity (Wildman–Crippen MR) is 119 cm³/mol. The highest BCUT2D eigenvalue weighted by Gasteiger charge is 2.36. The molecule has 1 aromatic rings. The minimum atomic E-state index is -3.62. The largest absolute Gasteiger partial charge is 0.466 e. The molecule has 2 saturated heterocycles. The van der Waals surface area contributed by atoms with Crippen molar-refractivity contribution in [3.05, 3.63) is 33.8 Å². The molecule has 172 valence electrons. The Kier molecular flexibility index (Phi) is 8.24. The first-order chi connectivity index (χ1) is 14.7. The normalized spacial score (nSPS) is 21.1. The van der Waals surface area contributed by atoms with E-state index in [1.807, 2.05) is 0 Å². The third-order valence-electron chi connectivity index (χ3n) is 5.91. The molecule has 1 atom stereocenters. The summed E-state index contributed by atoms with van der Waals surface area (Å²) in [7, 11) is -3.62. The van der Waals surface area contributed by atoms with Gasteiger partial charge in [0.25, 0.3) is 0 Å². The Bertz CT molecular complexity index is 916. The molecule has 7 nitrogen and oxygen atoms in total. The van der Waals surface area contributed by atoms with Crippen LogP contribution >= 0.6 is 23.2 Å². The number of esters is 1. The second-order valence-corrected chi connectivity index (χ2v) is 10.9. The highest BCUT2D eigenvalue weighted by Crippen LogP contribution is 2.28. The third kappa shape index (κ3) is 6.12. The van der Waals surface area contributed by atoms with Crippen molar-refractivity contribution in [2.24, 2.45) is 11.8 Å². The molecule has 2 aliphatic heterocycles. The smallest absolute Gasteiger partial charge is 0.309 e. The standard InChI is InChI=1S/C21H28Cl2N2O5S/c1-2-30-21(27)15-7-10-24(11-8-15)20(26)16-4-3-9-25(13-16)31(28,29)14-17-5-6-18(22)12-19(17)23/h5-6,12,15-16H,2-4,7-11,13-14H2,1H3/t16-/m0/s1. The van der Waals surface area contributed by atoms with Gasteiger partial charge in [0, 0.05) is 36.2 Å². The van der Waals surface area contributed by atoms with E-state index < -0.39 is 10.0 Å². The van der Waals surface area contributed by atoms with E-state index in [0.29, 0.717) is 67.5 Å². The lowest BCUT2D eigenvalue weighted by Gasteiger charge is -2.37. The van der Waals surface area contributed by atoms with Gasteiger partial charge in [-0.15, -0.1) is 0 Å². The zero-order chi connectivity index (χ0) is 22.6. The van der Waals surface area contributed by atoms with Crippen molar-refractivity contribution < 1.29 is 22.7 Å². The van der Waals surface area contributed by atoms with Crippen molar-refractivity contribution >= 4 is 45.1 Å². The number of carbonyl (C=O) groups is 2. The maximum Gasteiger partial charge on any atom is 0.309 e. The highest BCUT2D eigenvalue weighted by atomic mass is 35.5. The van der Waals surface area contributed by atoms with E-state index in [2.05, 4.69) is 0 Å². The zero-order valence-corrected chi connectivity index (χ0v) is 19.9. The van der Waals surface area contributed by atoms with Gasteiger partial charge in [-0.05, 0) is 50.3 Å². The molecule has 0 spiro atoms. The molecule has 1 amide bonds. The van der Waals surface area contributed by atoms with Crippen LogP contribution in [-0.4, -0.2) is 62.3 Å². The number of rotatable bonds is 6. The van der Waals surface area contributed by atoms with Gasteiger partial charge >= 0.3 is 5.97 Å². The Morgan fingerprint density at radius 2 is 1.81 bits per heavy atom. The van der Waals surface area contributed by atoms with Crippen molar-refractivity contribution in [2.45, 2.75) is 38.4 Å². The van der Waals surface area contributed by atoms with E-state index in [-0.39, 0.29) is 36.0 Å². The van der Waals surface area contributed by atoms with E-state index in [9.17, 15) is 18.0 Å². The fraction of sp³-hybridized carbons (Fsp3) is 0.619. The Balaban J connectivity index is 1.59. The van der Waals surface area contributed by atoms with Crippen LogP contribution in [0.1, 0.15) is 38.2 Å². The minimum absolute atomic E-state index is 0.0354. The maximum atomic E-state index is 13.0. The number of nitrogens with zero attached hydrogens (tertiary/aromatic N) is 2. The number of hydrogen-bond donors (Lipinski definition) is 0. The van der Waals surface area contributed by atoms with Crippen molar-refractivity contribution in [3.63, 3.8) is 0 Å². The summed E-state index contributed by atoms with van der Waals surface area (Å²) >= 11 is 12.0. The molecular formula is C21H28Cl2N2O5S. The summed E-state index contributed by atoms with van der Waals surface area (Å²) in [5.74, 6) is -1.01. The Labute approximate surface area is 193 Å². The number of ether oxygens (including phenoxy) is 1. The second-order valence-electron chi connectivity index (χ2n) is 8.04. The molecule has 2 aliphatic rings. The van der Waals surface area contributed by atoms with Crippen molar-refractivity contribution in [1.82, 2.24) is 9.21 Å². The lowest BCUT2D eigenvalue weighted by molar-refractivity contribution is -0.152. The molecule has 2 heterocycles. The SMILES string of the molecule is CCOC(=O)C1CCN(C(=O)[C@H]2CCCN(S(=O)(=O)Cc3ccc(Cl)cc3Cl)C2)CC1. The molecule has 0 aliphatic carbocycles. The molecule has 0 unspecified atom stereocenters. The van der Waals surface area contributed by atoms with Gasteiger partial charge in [-0.3, -0.25) is 9.59 Å². The number of carbonyl (C=O) groups excluding carboxylic acids is 2. The number of benzene rings is 1. The average molecular weight is 491 g/mol. The first-order valence-corrected chi connectivity index (χ1v) is 12.9. The molecule has 1 aromatic carbocycles. The monoisotopic (exact) mass is 490 g/mol. The quantitative estimate of drug-likeness (QED) is 0.570. The fourth-order valence-corrected chi connectivity index (χ4v) is 6.37. The van der Waals surface area contributed by atoms with Gasteiger partial charge in [-0.25, -0.2) is 12.7 Å². The van der Waals surface area contributed by atoms with Crippen LogP contribution in [0.5, 0.6) is 0 Å². The van der Waals surface area contributed by atoms with Gasteiger partial charge in [0.2, 0.25) is 15.9 Å². The van der Waals surface area contributed by atoms with Crippen LogP contribution < -0.4 is 0 Å². The van der Waals surface area contributed by atoms with E-state index in [1.165, 1.54) is 10.4 Å². The third-order valence-corrected chi connectivity index (χ3v) is 8.29. The van der Waals surface area contributed by atoms with Gasteiger partial charge < -0.3 is 9.64 Å². The number of piperidine rings is 2. The summed E-state index contributed by atoms with van der Waals surface area (Å²) < 4.78 is 32.4. The molecule has 10 heteroatoms. The van der Waals surface area contributed by atoms with Crippen molar-refractivity contribution in [1.29, 1.82) is 0 Å². The van der Waals surface area contributed by atoms with Gasteiger partial charge in [0.1, 0.15) is 0 Å². The molecule has 0 bridgehead atoms. The van der Waals surface area contributed by atoms with E-state index in [1.54, 1.807) is 24.0 Å². The van der Waals surface area contributed by atoms with E-state index >= 15 is 0 Å². The molecule has 0 aromatic heterocycles. The highest BCUT2D eigenvalue weighted by molar-refractivity contribution is 7.88. The minimum Gasteiger partial charge on any atom is -0.466 e. The summed E-state index contributed by atoms with van der Waals surface area (Å²) in [5, 5.41) is 0.756. The molecule has 0 N–H and O–H groups in total. The van der Waals surface area contributed by atoms with Crippen LogP contribution in [0.15, 0.2) is 18.2 Å². The number of hydrogen-bond acceptors (Lipinski definition) is 5. The van der Waals surface area contributed by atoms with Crippen LogP contribution in [0.3, 0.4) is 0 Å². The van der Waals surface area contributed by atoms with Gasteiger partial charge in [-0.2, -0.15) is 0 Å². The number of halogens is 2. The summed E-state index contributed by atoms with van der Waals surface area (Å²) in [4.78, 5) is 26.7. The second kappa shape index (κ2) is 10.5. The lowest BCUT2D eigenvalue weighted by atomic mass is 9.93. The van der Waals surface area contributed by atoms with Crippen LogP contribution in [0.25, 0.3) is 0 Å². The Morgan fingerprint density at radius 3 is 2.45 bits per heavy atom. The molecule has 3 rings (SSSR count). The fourth-order valence-electron chi connectivity index (χ4n) is 4.18. The van der Waals surface area contributed by atoms with Gasteiger partial charge in [-0.1, -0.05) is 29.3 Å². The van der Waals surface area contributed by atoms with E-state index in [0.717, 1.165) is 0 Å². The maximum absolute atomic E-state index is 13.0. The summed E-state index contributed by atoms with van der Waals surface area (Å²) in [6.45, 7) is 3.68. The topological polar surface area (TPSA) is 84.0 Å². The average Bonchev–Trinajstić information content (AvgIpc) is 2.75. The summed E-state index contributed by atoms with van der Waals surface area (Å²) in [6, 6.07) is 4.75. The molecule has 2 fully saturated rings. The van der Waals surface area contributed by atoms with Crippen molar-refractivity contribution in [2.75, 3.05) is 32.8 Å². The molecular weight excluding hydrogens is 463 g/mol. The number of sulfonamides is 1. The molecule has 0 radical (unpaired) electrons. The number of amides is 1. The summed E-state index contributed by atoms with van der Waals surface area (Å²) in [5.41, 5.74) is 0.487.